The number of carbonyl (C=O) groups is 1. The molecule has 2 aromatic carbocycles. The van der Waals surface area contributed by atoms with E-state index in [0.717, 1.165) is 22.4 Å². The Hall–Kier alpha value is -2.62. The van der Waals surface area contributed by atoms with Crippen molar-refractivity contribution < 1.29 is 9.90 Å². The van der Waals surface area contributed by atoms with Gasteiger partial charge < -0.3 is 5.11 Å². The van der Waals surface area contributed by atoms with Crippen molar-refractivity contribution >= 4 is 11.6 Å². The number of carbonyl (C=O) groups excluding carboxylic acids is 1. The third kappa shape index (κ3) is 3.34. The predicted octanol–water partition coefficient (Wildman–Crippen LogP) is 3.47. The fraction of sp³-hybridized carbons (Fsp3) is 0.222. The molecule has 4 nitrogen and oxygen atoms in total. The quantitative estimate of drug-likeness (QED) is 0.673. The number of nitrogens with one attached hydrogen (secondary N) is 1. The van der Waals surface area contributed by atoms with Gasteiger partial charge in [-0.2, -0.15) is 5.10 Å². The van der Waals surface area contributed by atoms with Crippen LogP contribution in [0, 0.1) is 20.8 Å². The first-order chi connectivity index (χ1) is 10.4. The summed E-state index contributed by atoms with van der Waals surface area (Å²) in [5, 5.41) is 14.1. The number of hydrazone groups is 1. The summed E-state index contributed by atoms with van der Waals surface area (Å²) in [6.07, 6.45) is 0. The van der Waals surface area contributed by atoms with E-state index in [1.54, 1.807) is 25.1 Å². The second-order valence-corrected chi connectivity index (χ2v) is 5.43. The van der Waals surface area contributed by atoms with E-state index in [9.17, 15) is 9.90 Å². The molecule has 0 aliphatic rings. The number of para-hydroxylation sites is 1. The Morgan fingerprint density at radius 2 is 1.77 bits per heavy atom. The average Bonchev–Trinajstić information content (AvgIpc) is 2.49. The Kier molecular flexibility index (Phi) is 4.61. The molecule has 2 rings (SSSR count). The molecule has 22 heavy (non-hydrogen) atoms. The molecule has 0 heterocycles. The highest BCUT2D eigenvalue weighted by molar-refractivity contribution is 6.02. The van der Waals surface area contributed by atoms with E-state index in [-0.39, 0.29) is 11.3 Å². The Bertz CT molecular complexity index is 749. The van der Waals surface area contributed by atoms with Gasteiger partial charge in [0, 0.05) is 5.56 Å². The van der Waals surface area contributed by atoms with Gasteiger partial charge in [0.2, 0.25) is 0 Å². The Morgan fingerprint density at radius 1 is 1.05 bits per heavy atom. The lowest BCUT2D eigenvalue weighted by molar-refractivity contribution is 0.0952. The van der Waals surface area contributed by atoms with Crippen LogP contribution in [0.5, 0.6) is 5.75 Å². The molecular formula is C18H20N2O2. The number of rotatable bonds is 3. The van der Waals surface area contributed by atoms with Gasteiger partial charge in [-0.25, -0.2) is 5.43 Å². The molecule has 0 atom stereocenters. The smallest absolute Gasteiger partial charge is 0.275 e. The lowest BCUT2D eigenvalue weighted by Gasteiger charge is -2.08. The summed E-state index contributed by atoms with van der Waals surface area (Å²) in [7, 11) is 0. The van der Waals surface area contributed by atoms with Gasteiger partial charge in [0.15, 0.2) is 0 Å². The third-order valence-corrected chi connectivity index (χ3v) is 3.59. The maximum Gasteiger partial charge on any atom is 0.275 e. The van der Waals surface area contributed by atoms with Crippen LogP contribution >= 0.6 is 0 Å². The van der Waals surface area contributed by atoms with Crippen molar-refractivity contribution in [2.45, 2.75) is 27.7 Å². The van der Waals surface area contributed by atoms with Crippen LogP contribution in [0.1, 0.15) is 39.5 Å². The molecule has 0 saturated heterocycles. The number of amides is 1. The van der Waals surface area contributed by atoms with E-state index in [1.807, 2.05) is 39.0 Å². The van der Waals surface area contributed by atoms with Crippen molar-refractivity contribution in [2.24, 2.45) is 5.10 Å². The largest absolute Gasteiger partial charge is 0.507 e. The standard InChI is InChI=1S/C18H20N2O2/c1-11-8-9-12(2)16(10-11)14(4)19-20-18(22)15-7-5-6-13(3)17(15)21/h5-10,21H,1-4H3,(H,20,22)/b19-14-. The van der Waals surface area contributed by atoms with Gasteiger partial charge in [0.1, 0.15) is 5.75 Å². The minimum absolute atomic E-state index is 0.0143. The number of aryl methyl sites for hydroxylation is 3. The summed E-state index contributed by atoms with van der Waals surface area (Å²) in [6, 6.07) is 11.1. The van der Waals surface area contributed by atoms with Crippen molar-refractivity contribution in [1.82, 2.24) is 5.43 Å². The van der Waals surface area contributed by atoms with Crippen LogP contribution in [-0.2, 0) is 0 Å². The van der Waals surface area contributed by atoms with Gasteiger partial charge in [-0.1, -0.05) is 29.8 Å². The van der Waals surface area contributed by atoms with E-state index in [1.165, 1.54) is 0 Å². The van der Waals surface area contributed by atoms with E-state index < -0.39 is 5.91 Å². The van der Waals surface area contributed by atoms with Crippen LogP contribution < -0.4 is 5.43 Å². The summed E-state index contributed by atoms with van der Waals surface area (Å²) in [4.78, 5) is 12.1. The second-order valence-electron chi connectivity index (χ2n) is 5.43. The van der Waals surface area contributed by atoms with Gasteiger partial charge in [-0.3, -0.25) is 4.79 Å². The zero-order valence-corrected chi connectivity index (χ0v) is 13.3. The van der Waals surface area contributed by atoms with Gasteiger partial charge in [-0.05, 0) is 51.0 Å². The maximum absolute atomic E-state index is 12.1. The number of hydrogen-bond donors (Lipinski definition) is 2. The molecular weight excluding hydrogens is 276 g/mol. The van der Waals surface area contributed by atoms with Crippen molar-refractivity contribution in [1.29, 1.82) is 0 Å². The number of hydrogen-bond acceptors (Lipinski definition) is 3. The van der Waals surface area contributed by atoms with Crippen LogP contribution in [0.2, 0.25) is 0 Å². The molecule has 0 saturated carbocycles. The molecule has 4 heteroatoms. The van der Waals surface area contributed by atoms with E-state index in [0.29, 0.717) is 5.56 Å². The first-order valence-electron chi connectivity index (χ1n) is 7.11. The molecule has 114 valence electrons. The van der Waals surface area contributed by atoms with Crippen molar-refractivity contribution in [3.05, 3.63) is 64.2 Å². The minimum atomic E-state index is -0.425. The van der Waals surface area contributed by atoms with E-state index in [2.05, 4.69) is 10.5 Å². The molecule has 0 unspecified atom stereocenters. The molecule has 0 aliphatic heterocycles. The molecule has 2 aromatic rings. The summed E-state index contributed by atoms with van der Waals surface area (Å²) in [5.41, 5.74) is 7.33. The van der Waals surface area contributed by atoms with E-state index in [4.69, 9.17) is 0 Å². The van der Waals surface area contributed by atoms with Crippen molar-refractivity contribution in [3.8, 4) is 5.75 Å². The SMILES string of the molecule is C/C(=N/NC(=O)c1cccc(C)c1O)c1cc(C)ccc1C. The number of phenolic OH excluding ortho intramolecular Hbond substituents is 1. The molecule has 0 aliphatic carbocycles. The number of benzene rings is 2. The number of aromatic hydroxyl groups is 1. The minimum Gasteiger partial charge on any atom is -0.507 e. The summed E-state index contributed by atoms with van der Waals surface area (Å²) < 4.78 is 0. The first-order valence-corrected chi connectivity index (χ1v) is 7.11. The predicted molar refractivity (Wildman–Crippen MR) is 88.4 cm³/mol. The Labute approximate surface area is 130 Å². The highest BCUT2D eigenvalue weighted by Gasteiger charge is 2.12. The van der Waals surface area contributed by atoms with E-state index >= 15 is 0 Å². The molecule has 0 spiro atoms. The van der Waals surface area contributed by atoms with Gasteiger partial charge in [-0.15, -0.1) is 0 Å². The van der Waals surface area contributed by atoms with Crippen LogP contribution in [0.4, 0.5) is 0 Å². The molecule has 0 aromatic heterocycles. The van der Waals surface area contributed by atoms with Crippen LogP contribution in [0.3, 0.4) is 0 Å². The fourth-order valence-corrected chi connectivity index (χ4v) is 2.22. The Balaban J connectivity index is 2.22. The lowest BCUT2D eigenvalue weighted by Crippen LogP contribution is -2.20. The fourth-order valence-electron chi connectivity index (χ4n) is 2.22. The third-order valence-electron chi connectivity index (χ3n) is 3.59. The first kappa shape index (κ1) is 15.8. The van der Waals surface area contributed by atoms with Crippen LogP contribution in [0.15, 0.2) is 41.5 Å². The zero-order chi connectivity index (χ0) is 16.3. The summed E-state index contributed by atoms with van der Waals surface area (Å²) in [5.74, 6) is -0.439. The second kappa shape index (κ2) is 6.43. The maximum atomic E-state index is 12.1. The highest BCUT2D eigenvalue weighted by atomic mass is 16.3. The number of phenols is 1. The monoisotopic (exact) mass is 296 g/mol. The molecule has 0 bridgehead atoms. The molecule has 0 radical (unpaired) electrons. The van der Waals surface area contributed by atoms with Gasteiger partial charge >= 0.3 is 0 Å². The average molecular weight is 296 g/mol. The summed E-state index contributed by atoms with van der Waals surface area (Å²) in [6.45, 7) is 7.61. The van der Waals surface area contributed by atoms with Crippen molar-refractivity contribution in [2.75, 3.05) is 0 Å². The van der Waals surface area contributed by atoms with Crippen LogP contribution in [0.25, 0.3) is 0 Å². The van der Waals surface area contributed by atoms with Crippen LogP contribution in [-0.4, -0.2) is 16.7 Å². The summed E-state index contributed by atoms with van der Waals surface area (Å²) >= 11 is 0. The van der Waals surface area contributed by atoms with Gasteiger partial charge in [0.25, 0.3) is 5.91 Å². The molecule has 2 N–H and O–H groups in total. The van der Waals surface area contributed by atoms with Gasteiger partial charge in [0.05, 0.1) is 11.3 Å². The molecule has 1 amide bonds. The number of nitrogens with zero attached hydrogens (tertiary/aromatic N) is 1. The molecule has 0 fully saturated rings. The highest BCUT2D eigenvalue weighted by Crippen LogP contribution is 2.21. The lowest BCUT2D eigenvalue weighted by atomic mass is 10.0. The van der Waals surface area contributed by atoms with Crippen molar-refractivity contribution in [3.63, 3.8) is 0 Å². The zero-order valence-electron chi connectivity index (χ0n) is 13.3. The Morgan fingerprint density at radius 3 is 2.50 bits per heavy atom. The topological polar surface area (TPSA) is 61.7 Å². The normalized spacial score (nSPS) is 11.4.